The van der Waals surface area contributed by atoms with Crippen molar-refractivity contribution in [3.8, 4) is 11.5 Å². The van der Waals surface area contributed by atoms with Crippen molar-refractivity contribution in [1.29, 1.82) is 0 Å². The summed E-state index contributed by atoms with van der Waals surface area (Å²) in [5.41, 5.74) is 4.69. The van der Waals surface area contributed by atoms with Crippen molar-refractivity contribution < 1.29 is 29.2 Å². The first-order valence-electron chi connectivity index (χ1n) is 13.5. The van der Waals surface area contributed by atoms with Crippen LogP contribution >= 0.6 is 0 Å². The topological polar surface area (TPSA) is 77.4 Å². The monoisotopic (exact) mass is 512 g/mol. The third-order valence-electron chi connectivity index (χ3n) is 7.51. The van der Waals surface area contributed by atoms with E-state index in [2.05, 4.69) is 41.5 Å². The van der Waals surface area contributed by atoms with Crippen molar-refractivity contribution in [2.75, 3.05) is 26.4 Å². The molecule has 37 heavy (non-hydrogen) atoms. The van der Waals surface area contributed by atoms with Crippen molar-refractivity contribution in [1.82, 2.24) is 0 Å². The molecule has 2 heterocycles. The number of rotatable bonds is 4. The number of hydrogen-bond donors (Lipinski definition) is 2. The molecule has 2 aliphatic heterocycles. The Balaban J connectivity index is 1.46. The summed E-state index contributed by atoms with van der Waals surface area (Å²) in [6, 6.07) is 7.98. The van der Waals surface area contributed by atoms with Gasteiger partial charge in [0, 0.05) is 11.1 Å². The lowest BCUT2D eigenvalue weighted by atomic mass is 9.83. The van der Waals surface area contributed by atoms with Crippen molar-refractivity contribution in [2.24, 2.45) is 5.41 Å². The van der Waals surface area contributed by atoms with E-state index in [0.717, 1.165) is 46.2 Å². The van der Waals surface area contributed by atoms with Crippen molar-refractivity contribution in [3.63, 3.8) is 0 Å². The molecule has 6 nitrogen and oxygen atoms in total. The highest BCUT2D eigenvalue weighted by Crippen LogP contribution is 2.43. The van der Waals surface area contributed by atoms with E-state index in [1.807, 2.05) is 38.1 Å². The Bertz CT molecular complexity index is 1010. The highest BCUT2D eigenvalue weighted by molar-refractivity contribution is 5.48. The van der Waals surface area contributed by atoms with Crippen LogP contribution in [0.3, 0.4) is 0 Å². The number of aromatic hydroxyl groups is 2. The zero-order valence-electron chi connectivity index (χ0n) is 23.7. The second kappa shape index (κ2) is 10.2. The molecular formula is C31H44O6. The molecule has 2 saturated heterocycles. The quantitative estimate of drug-likeness (QED) is 0.481. The van der Waals surface area contributed by atoms with Gasteiger partial charge in [0.05, 0.1) is 31.8 Å². The van der Waals surface area contributed by atoms with Crippen LogP contribution in [-0.2, 0) is 42.6 Å². The Morgan fingerprint density at radius 3 is 1.24 bits per heavy atom. The van der Waals surface area contributed by atoms with Gasteiger partial charge < -0.3 is 29.2 Å². The predicted molar refractivity (Wildman–Crippen MR) is 144 cm³/mol. The fourth-order valence-corrected chi connectivity index (χ4v) is 5.13. The number of phenolic OH excluding ortho intramolecular Hbond substituents is 2. The fourth-order valence-electron chi connectivity index (χ4n) is 5.13. The predicted octanol–water partition coefficient (Wildman–Crippen LogP) is 6.60. The maximum absolute atomic E-state index is 10.7. The van der Waals surface area contributed by atoms with Gasteiger partial charge in [-0.3, -0.25) is 0 Å². The molecule has 204 valence electrons. The van der Waals surface area contributed by atoms with E-state index in [0.29, 0.717) is 37.9 Å². The van der Waals surface area contributed by atoms with Crippen LogP contribution in [0.25, 0.3) is 0 Å². The van der Waals surface area contributed by atoms with E-state index >= 15 is 0 Å². The number of hydrogen-bond acceptors (Lipinski definition) is 6. The van der Waals surface area contributed by atoms with Gasteiger partial charge in [-0.2, -0.15) is 0 Å². The molecular weight excluding hydrogens is 468 g/mol. The SMILES string of the molecule is CCc1cc(C2OCC3(CO2)COC(c2cc(CC)c(O)c(C(C)(C)C)c2)OC3)cc(C(C)(C)C)c1O. The maximum atomic E-state index is 10.7. The largest absolute Gasteiger partial charge is 0.507 e. The highest BCUT2D eigenvalue weighted by atomic mass is 16.7. The molecule has 0 atom stereocenters. The Morgan fingerprint density at radius 1 is 0.649 bits per heavy atom. The molecule has 2 aliphatic rings. The van der Waals surface area contributed by atoms with E-state index in [1.54, 1.807) is 0 Å². The summed E-state index contributed by atoms with van der Waals surface area (Å²) in [5, 5.41) is 21.5. The molecule has 4 rings (SSSR count). The first kappa shape index (κ1) is 27.9. The van der Waals surface area contributed by atoms with Crippen LogP contribution in [0, 0.1) is 5.41 Å². The highest BCUT2D eigenvalue weighted by Gasteiger charge is 2.43. The number of aryl methyl sites for hydroxylation is 2. The number of benzene rings is 2. The maximum Gasteiger partial charge on any atom is 0.183 e. The Kier molecular flexibility index (Phi) is 7.70. The summed E-state index contributed by atoms with van der Waals surface area (Å²) in [7, 11) is 0. The molecule has 6 heteroatoms. The van der Waals surface area contributed by atoms with Gasteiger partial charge in [0.1, 0.15) is 11.5 Å². The van der Waals surface area contributed by atoms with Crippen LogP contribution in [0.1, 0.15) is 101 Å². The fraction of sp³-hybridized carbons (Fsp3) is 0.613. The number of phenols is 2. The minimum atomic E-state index is -0.492. The van der Waals surface area contributed by atoms with E-state index in [9.17, 15) is 10.2 Å². The third-order valence-corrected chi connectivity index (χ3v) is 7.51. The van der Waals surface area contributed by atoms with Crippen LogP contribution in [0.2, 0.25) is 0 Å². The van der Waals surface area contributed by atoms with Gasteiger partial charge in [-0.15, -0.1) is 0 Å². The van der Waals surface area contributed by atoms with Gasteiger partial charge in [0.15, 0.2) is 12.6 Å². The second-order valence-electron chi connectivity index (χ2n) is 12.8. The molecule has 0 unspecified atom stereocenters. The van der Waals surface area contributed by atoms with Crippen LogP contribution in [0.5, 0.6) is 11.5 Å². The standard InChI is InChI=1S/C31H44O6/c1-9-19-11-21(13-23(25(19)32)29(3,4)5)27-34-15-31(16-35-27)17-36-28(37-18-31)22-12-20(10-2)26(33)24(14-22)30(6,7)8/h11-14,27-28,32-33H,9-10,15-18H2,1-8H3. The average molecular weight is 513 g/mol. The second-order valence-corrected chi connectivity index (χ2v) is 12.8. The third kappa shape index (κ3) is 5.68. The van der Waals surface area contributed by atoms with Crippen molar-refractivity contribution >= 4 is 0 Å². The van der Waals surface area contributed by atoms with Gasteiger partial charge in [0.2, 0.25) is 0 Å². The van der Waals surface area contributed by atoms with Crippen LogP contribution < -0.4 is 0 Å². The van der Waals surface area contributed by atoms with E-state index < -0.39 is 12.6 Å². The van der Waals surface area contributed by atoms with Gasteiger partial charge in [-0.05, 0) is 70.2 Å². The lowest BCUT2D eigenvalue weighted by molar-refractivity contribution is -0.307. The van der Waals surface area contributed by atoms with Gasteiger partial charge in [-0.1, -0.05) is 55.4 Å². The molecule has 0 amide bonds. The van der Waals surface area contributed by atoms with Crippen LogP contribution in [0.4, 0.5) is 0 Å². The zero-order valence-corrected chi connectivity index (χ0v) is 23.7. The van der Waals surface area contributed by atoms with Crippen LogP contribution in [-0.4, -0.2) is 36.6 Å². The molecule has 2 aromatic rings. The lowest BCUT2D eigenvalue weighted by Crippen LogP contribution is -2.49. The molecule has 1 spiro atoms. The molecule has 2 fully saturated rings. The summed E-state index contributed by atoms with van der Waals surface area (Å²) in [5.74, 6) is 0.725. The molecule has 0 aromatic heterocycles. The van der Waals surface area contributed by atoms with Crippen molar-refractivity contribution in [3.05, 3.63) is 57.6 Å². The van der Waals surface area contributed by atoms with Gasteiger partial charge in [0.25, 0.3) is 0 Å². The zero-order chi connectivity index (χ0) is 27.2. The average Bonchev–Trinajstić information content (AvgIpc) is 2.84. The van der Waals surface area contributed by atoms with E-state index in [1.165, 1.54) is 0 Å². The molecule has 2 aromatic carbocycles. The summed E-state index contributed by atoms with van der Waals surface area (Å²) >= 11 is 0. The smallest absolute Gasteiger partial charge is 0.183 e. The summed E-state index contributed by atoms with van der Waals surface area (Å²) < 4.78 is 24.9. The van der Waals surface area contributed by atoms with E-state index in [4.69, 9.17) is 18.9 Å². The van der Waals surface area contributed by atoms with Crippen LogP contribution in [0.15, 0.2) is 24.3 Å². The normalized spacial score (nSPS) is 25.0. The minimum absolute atomic E-state index is 0.196. The molecule has 0 radical (unpaired) electrons. The van der Waals surface area contributed by atoms with E-state index in [-0.39, 0.29) is 16.2 Å². The Labute approximate surface area is 221 Å². The molecule has 2 N–H and O–H groups in total. The Hall–Kier alpha value is -2.12. The van der Waals surface area contributed by atoms with Gasteiger partial charge in [-0.25, -0.2) is 0 Å². The molecule has 0 saturated carbocycles. The summed E-state index contributed by atoms with van der Waals surface area (Å²) in [6.07, 6.45) is 0.482. The first-order valence-corrected chi connectivity index (χ1v) is 13.5. The number of ether oxygens (including phenoxy) is 4. The molecule has 0 bridgehead atoms. The first-order chi connectivity index (χ1) is 17.3. The summed E-state index contributed by atoms with van der Waals surface area (Å²) in [4.78, 5) is 0. The lowest BCUT2D eigenvalue weighted by Gasteiger charge is -2.44. The summed E-state index contributed by atoms with van der Waals surface area (Å²) in [6.45, 7) is 18.5. The Morgan fingerprint density at radius 2 is 0.973 bits per heavy atom. The van der Waals surface area contributed by atoms with Gasteiger partial charge >= 0.3 is 0 Å². The van der Waals surface area contributed by atoms with Crippen molar-refractivity contribution in [2.45, 2.75) is 91.6 Å². The molecule has 0 aliphatic carbocycles. The minimum Gasteiger partial charge on any atom is -0.507 e.